The smallest absolute Gasteiger partial charge is 0.290 e. The SMILES string of the molecule is Cc1ccc(NC2SC(=O)N(C)C2=O)cc1Cl. The van der Waals surface area contributed by atoms with Crippen molar-refractivity contribution in [2.24, 2.45) is 0 Å². The van der Waals surface area contributed by atoms with Crippen molar-refractivity contribution in [2.45, 2.75) is 12.3 Å². The van der Waals surface area contributed by atoms with E-state index in [9.17, 15) is 9.59 Å². The van der Waals surface area contributed by atoms with E-state index in [1.807, 2.05) is 19.1 Å². The number of likely N-dealkylation sites (N-methyl/N-ethyl adjacent to an activating group) is 1. The van der Waals surface area contributed by atoms with E-state index in [2.05, 4.69) is 5.32 Å². The normalized spacial score (nSPS) is 19.9. The van der Waals surface area contributed by atoms with E-state index in [-0.39, 0.29) is 11.1 Å². The van der Waals surface area contributed by atoms with E-state index in [1.165, 1.54) is 7.05 Å². The summed E-state index contributed by atoms with van der Waals surface area (Å²) >= 11 is 6.95. The quantitative estimate of drug-likeness (QED) is 0.898. The maximum Gasteiger partial charge on any atom is 0.290 e. The molecule has 1 unspecified atom stereocenters. The molecule has 1 aromatic carbocycles. The number of hydrogen-bond acceptors (Lipinski definition) is 4. The Morgan fingerprint density at radius 2 is 2.12 bits per heavy atom. The number of thioether (sulfide) groups is 1. The van der Waals surface area contributed by atoms with Crippen molar-refractivity contribution in [1.29, 1.82) is 0 Å². The van der Waals surface area contributed by atoms with Crippen LogP contribution in [-0.2, 0) is 4.79 Å². The van der Waals surface area contributed by atoms with Crippen LogP contribution in [0.5, 0.6) is 0 Å². The zero-order chi connectivity index (χ0) is 12.6. The molecule has 1 aromatic rings. The Morgan fingerprint density at radius 3 is 2.65 bits per heavy atom. The Balaban J connectivity index is 2.14. The summed E-state index contributed by atoms with van der Waals surface area (Å²) in [4.78, 5) is 24.1. The van der Waals surface area contributed by atoms with Crippen molar-refractivity contribution in [1.82, 2.24) is 4.90 Å². The molecule has 0 aliphatic carbocycles. The number of anilines is 1. The summed E-state index contributed by atoms with van der Waals surface area (Å²) < 4.78 is 0. The summed E-state index contributed by atoms with van der Waals surface area (Å²) in [6.07, 6.45) is 0. The van der Waals surface area contributed by atoms with Gasteiger partial charge >= 0.3 is 0 Å². The fraction of sp³-hybridized carbons (Fsp3) is 0.273. The molecule has 0 spiro atoms. The molecule has 17 heavy (non-hydrogen) atoms. The number of rotatable bonds is 2. The molecule has 2 rings (SSSR count). The number of nitrogens with zero attached hydrogens (tertiary/aromatic N) is 1. The van der Waals surface area contributed by atoms with Gasteiger partial charge in [0.2, 0.25) is 0 Å². The van der Waals surface area contributed by atoms with Crippen LogP contribution in [0.4, 0.5) is 10.5 Å². The minimum atomic E-state index is -0.564. The number of amides is 2. The monoisotopic (exact) mass is 270 g/mol. The molecule has 0 aromatic heterocycles. The van der Waals surface area contributed by atoms with E-state index >= 15 is 0 Å². The summed E-state index contributed by atoms with van der Waals surface area (Å²) in [6, 6.07) is 5.44. The number of benzene rings is 1. The highest BCUT2D eigenvalue weighted by Crippen LogP contribution is 2.28. The van der Waals surface area contributed by atoms with E-state index in [0.29, 0.717) is 5.02 Å². The number of imide groups is 1. The second-order valence-corrected chi connectivity index (χ2v) is 5.23. The van der Waals surface area contributed by atoms with E-state index in [4.69, 9.17) is 11.6 Å². The summed E-state index contributed by atoms with van der Waals surface area (Å²) in [6.45, 7) is 1.90. The van der Waals surface area contributed by atoms with Gasteiger partial charge in [-0.1, -0.05) is 17.7 Å². The molecule has 1 aliphatic heterocycles. The molecule has 1 saturated heterocycles. The van der Waals surface area contributed by atoms with Crippen LogP contribution in [0, 0.1) is 6.92 Å². The van der Waals surface area contributed by atoms with E-state index in [0.717, 1.165) is 27.9 Å². The largest absolute Gasteiger partial charge is 0.365 e. The van der Waals surface area contributed by atoms with Gasteiger partial charge in [0.25, 0.3) is 11.1 Å². The summed E-state index contributed by atoms with van der Waals surface area (Å²) in [5.74, 6) is -0.239. The van der Waals surface area contributed by atoms with Crippen molar-refractivity contribution in [3.8, 4) is 0 Å². The Kier molecular flexibility index (Phi) is 3.31. The van der Waals surface area contributed by atoms with E-state index < -0.39 is 5.37 Å². The summed E-state index contributed by atoms with van der Waals surface area (Å²) in [5, 5.41) is 2.81. The second kappa shape index (κ2) is 4.58. The second-order valence-electron chi connectivity index (χ2n) is 3.77. The van der Waals surface area contributed by atoms with Gasteiger partial charge in [0.15, 0.2) is 5.37 Å². The molecule has 90 valence electrons. The zero-order valence-electron chi connectivity index (χ0n) is 9.36. The molecule has 2 amide bonds. The van der Waals surface area contributed by atoms with Gasteiger partial charge in [-0.15, -0.1) is 0 Å². The number of aryl methyl sites for hydroxylation is 1. The topological polar surface area (TPSA) is 49.4 Å². The first-order valence-electron chi connectivity index (χ1n) is 5.00. The van der Waals surface area contributed by atoms with Gasteiger partial charge in [0.05, 0.1) is 0 Å². The van der Waals surface area contributed by atoms with Gasteiger partial charge in [0.1, 0.15) is 0 Å². The Hall–Kier alpha value is -1.20. The molecule has 1 fully saturated rings. The lowest BCUT2D eigenvalue weighted by atomic mass is 10.2. The van der Waals surface area contributed by atoms with Gasteiger partial charge in [-0.05, 0) is 36.4 Å². The average molecular weight is 271 g/mol. The average Bonchev–Trinajstić information content (AvgIpc) is 2.52. The Bertz CT molecular complexity index is 492. The maximum atomic E-state index is 11.7. The highest BCUT2D eigenvalue weighted by Gasteiger charge is 2.37. The fourth-order valence-corrected chi connectivity index (χ4v) is 2.51. The van der Waals surface area contributed by atoms with Crippen LogP contribution in [0.3, 0.4) is 0 Å². The zero-order valence-corrected chi connectivity index (χ0v) is 10.9. The predicted molar refractivity (Wildman–Crippen MR) is 69.4 cm³/mol. The first kappa shape index (κ1) is 12.3. The summed E-state index contributed by atoms with van der Waals surface area (Å²) in [5.41, 5.74) is 1.70. The van der Waals surface area contributed by atoms with Crippen molar-refractivity contribution in [2.75, 3.05) is 12.4 Å². The minimum absolute atomic E-state index is 0.239. The van der Waals surface area contributed by atoms with Crippen molar-refractivity contribution in [3.05, 3.63) is 28.8 Å². The lowest BCUT2D eigenvalue weighted by Crippen LogP contribution is -2.31. The van der Waals surface area contributed by atoms with Crippen LogP contribution < -0.4 is 5.32 Å². The van der Waals surface area contributed by atoms with E-state index in [1.54, 1.807) is 6.07 Å². The number of carbonyl (C=O) groups is 2. The highest BCUT2D eigenvalue weighted by atomic mass is 35.5. The predicted octanol–water partition coefficient (Wildman–Crippen LogP) is 2.71. The number of halogens is 1. The molecule has 0 saturated carbocycles. The first-order valence-corrected chi connectivity index (χ1v) is 6.25. The van der Waals surface area contributed by atoms with Crippen LogP contribution in [0.25, 0.3) is 0 Å². The van der Waals surface area contributed by atoms with Gasteiger partial charge in [-0.2, -0.15) is 0 Å². The van der Waals surface area contributed by atoms with Crippen molar-refractivity contribution >= 4 is 40.2 Å². The van der Waals surface area contributed by atoms with Gasteiger partial charge < -0.3 is 5.32 Å². The van der Waals surface area contributed by atoms with Gasteiger partial charge in [-0.25, -0.2) is 0 Å². The number of hydrogen-bond donors (Lipinski definition) is 1. The maximum absolute atomic E-state index is 11.7. The molecule has 1 N–H and O–H groups in total. The van der Waals surface area contributed by atoms with Crippen LogP contribution >= 0.6 is 23.4 Å². The number of nitrogens with one attached hydrogen (secondary N) is 1. The molecule has 0 bridgehead atoms. The van der Waals surface area contributed by atoms with Gasteiger partial charge in [0, 0.05) is 17.8 Å². The van der Waals surface area contributed by atoms with Crippen molar-refractivity contribution < 1.29 is 9.59 Å². The lowest BCUT2D eigenvalue weighted by Gasteiger charge is -2.12. The third kappa shape index (κ3) is 2.40. The molecular weight excluding hydrogens is 260 g/mol. The minimum Gasteiger partial charge on any atom is -0.365 e. The third-order valence-corrected chi connectivity index (χ3v) is 3.95. The molecule has 4 nitrogen and oxygen atoms in total. The molecule has 6 heteroatoms. The van der Waals surface area contributed by atoms with Crippen LogP contribution in [-0.4, -0.2) is 28.5 Å². The Labute approximate surface area is 108 Å². The Morgan fingerprint density at radius 1 is 1.41 bits per heavy atom. The number of carbonyl (C=O) groups excluding carboxylic acids is 2. The molecule has 1 heterocycles. The fourth-order valence-electron chi connectivity index (χ4n) is 1.42. The highest BCUT2D eigenvalue weighted by molar-refractivity contribution is 8.15. The molecule has 1 aliphatic rings. The van der Waals surface area contributed by atoms with Crippen LogP contribution in [0.2, 0.25) is 5.02 Å². The van der Waals surface area contributed by atoms with Gasteiger partial charge in [-0.3, -0.25) is 14.5 Å². The molecular formula is C11H11ClN2O2S. The van der Waals surface area contributed by atoms with Crippen molar-refractivity contribution in [3.63, 3.8) is 0 Å². The molecule has 1 atom stereocenters. The molecule has 0 radical (unpaired) electrons. The van der Waals surface area contributed by atoms with Crippen LogP contribution in [0.15, 0.2) is 18.2 Å². The third-order valence-electron chi connectivity index (χ3n) is 2.52. The van der Waals surface area contributed by atoms with Crippen LogP contribution in [0.1, 0.15) is 5.56 Å². The summed E-state index contributed by atoms with van der Waals surface area (Å²) in [7, 11) is 1.47. The first-order chi connectivity index (χ1) is 7.99. The standard InChI is InChI=1S/C11H11ClN2O2S/c1-6-3-4-7(5-8(6)12)13-9-10(15)14(2)11(16)17-9/h3-5,9,13H,1-2H3. The lowest BCUT2D eigenvalue weighted by molar-refractivity contribution is -0.125.